The SMILES string of the molecule is CCCCCn1c(C=c2cc3c(s2)=NC(=NCNc2ccc(N(C)c4ccccc4)cc2)S3)c(O)[nH]c1=S. The predicted octanol–water partition coefficient (Wildman–Crippen LogP) is 6.25. The molecule has 0 saturated carbocycles. The summed E-state index contributed by atoms with van der Waals surface area (Å²) in [5.74, 6) is 0.109. The quantitative estimate of drug-likeness (QED) is 0.157. The maximum absolute atomic E-state index is 10.4. The lowest BCUT2D eigenvalue weighted by Crippen LogP contribution is -2.09. The summed E-state index contributed by atoms with van der Waals surface area (Å²) in [7, 11) is 2.06. The number of rotatable bonds is 10. The first-order chi connectivity index (χ1) is 18.5. The first-order valence-electron chi connectivity index (χ1n) is 12.6. The molecule has 1 aliphatic rings. The van der Waals surface area contributed by atoms with Gasteiger partial charge in [0.15, 0.2) is 9.94 Å². The largest absolute Gasteiger partial charge is 0.493 e. The zero-order valence-electron chi connectivity index (χ0n) is 21.3. The molecule has 38 heavy (non-hydrogen) atoms. The number of aromatic nitrogens is 2. The van der Waals surface area contributed by atoms with E-state index in [1.165, 1.54) is 0 Å². The van der Waals surface area contributed by atoms with Crippen molar-refractivity contribution in [1.29, 1.82) is 0 Å². The number of nitrogens with one attached hydrogen (secondary N) is 2. The highest BCUT2D eigenvalue weighted by atomic mass is 32.2. The molecule has 0 saturated heterocycles. The fraction of sp³-hybridized carbons (Fsp3) is 0.250. The molecule has 5 rings (SSSR count). The van der Waals surface area contributed by atoms with Gasteiger partial charge in [0.1, 0.15) is 17.0 Å². The van der Waals surface area contributed by atoms with Crippen LogP contribution in [0.15, 0.2) is 75.5 Å². The number of imidazole rings is 1. The molecule has 0 fully saturated rings. The van der Waals surface area contributed by atoms with Gasteiger partial charge in [-0.15, -0.1) is 11.3 Å². The average Bonchev–Trinajstić information content (AvgIpc) is 3.56. The summed E-state index contributed by atoms with van der Waals surface area (Å²) in [6.07, 6.45) is 5.27. The van der Waals surface area contributed by atoms with Crippen molar-refractivity contribution in [2.24, 2.45) is 9.98 Å². The van der Waals surface area contributed by atoms with Crippen LogP contribution in [0.1, 0.15) is 31.9 Å². The lowest BCUT2D eigenvalue weighted by molar-refractivity contribution is 0.453. The molecule has 0 radical (unpaired) electrons. The van der Waals surface area contributed by atoms with Crippen molar-refractivity contribution in [3.8, 4) is 5.88 Å². The van der Waals surface area contributed by atoms with Crippen molar-refractivity contribution in [2.45, 2.75) is 37.6 Å². The number of hydrogen-bond donors (Lipinski definition) is 3. The number of thioether (sulfide) groups is 1. The number of anilines is 3. The Balaban J connectivity index is 1.23. The highest BCUT2D eigenvalue weighted by Gasteiger charge is 2.15. The minimum atomic E-state index is 0.109. The first-order valence-corrected chi connectivity index (χ1v) is 14.6. The van der Waals surface area contributed by atoms with E-state index in [1.54, 1.807) is 23.1 Å². The smallest absolute Gasteiger partial charge is 0.215 e. The van der Waals surface area contributed by atoms with Gasteiger partial charge in [0.25, 0.3) is 0 Å². The van der Waals surface area contributed by atoms with Crippen LogP contribution in [0.4, 0.5) is 17.1 Å². The van der Waals surface area contributed by atoms with E-state index in [0.29, 0.717) is 11.4 Å². The molecule has 2 aromatic carbocycles. The van der Waals surface area contributed by atoms with Crippen LogP contribution in [0, 0.1) is 4.77 Å². The van der Waals surface area contributed by atoms with Crippen LogP contribution in [0.5, 0.6) is 5.88 Å². The molecular weight excluding hydrogens is 533 g/mol. The number of aliphatic imine (C=N–C) groups is 1. The van der Waals surface area contributed by atoms with Crippen LogP contribution in [-0.2, 0) is 6.54 Å². The van der Waals surface area contributed by atoms with E-state index in [9.17, 15) is 5.11 Å². The van der Waals surface area contributed by atoms with Gasteiger partial charge in [-0.1, -0.05) is 38.0 Å². The minimum absolute atomic E-state index is 0.109. The molecule has 3 N–H and O–H groups in total. The van der Waals surface area contributed by atoms with Gasteiger partial charge in [0, 0.05) is 35.2 Å². The van der Waals surface area contributed by atoms with E-state index in [-0.39, 0.29) is 5.88 Å². The number of nitrogens with zero attached hydrogens (tertiary/aromatic N) is 4. The number of hydrogen-bond acceptors (Lipinski definition) is 7. The van der Waals surface area contributed by atoms with E-state index in [0.717, 1.165) is 67.8 Å². The molecule has 1 aliphatic heterocycles. The third kappa shape index (κ3) is 6.03. The van der Waals surface area contributed by atoms with Crippen LogP contribution < -0.4 is 19.4 Å². The Labute approximate surface area is 235 Å². The molecule has 10 heteroatoms. The van der Waals surface area contributed by atoms with Gasteiger partial charge < -0.3 is 24.9 Å². The van der Waals surface area contributed by atoms with Crippen LogP contribution in [0.25, 0.3) is 6.08 Å². The van der Waals surface area contributed by atoms with Crippen molar-refractivity contribution in [2.75, 3.05) is 23.9 Å². The molecule has 0 unspecified atom stereocenters. The van der Waals surface area contributed by atoms with Crippen LogP contribution in [0.3, 0.4) is 0 Å². The van der Waals surface area contributed by atoms with Gasteiger partial charge in [0.2, 0.25) is 5.88 Å². The van der Waals surface area contributed by atoms with Crippen molar-refractivity contribution < 1.29 is 5.11 Å². The Morgan fingerprint density at radius 2 is 1.89 bits per heavy atom. The molecule has 3 heterocycles. The summed E-state index contributed by atoms with van der Waals surface area (Å²) in [6.45, 7) is 3.41. The van der Waals surface area contributed by atoms with E-state index in [1.807, 2.05) is 28.8 Å². The van der Waals surface area contributed by atoms with Gasteiger partial charge >= 0.3 is 0 Å². The summed E-state index contributed by atoms with van der Waals surface area (Å²) >= 11 is 8.56. The van der Waals surface area contributed by atoms with Gasteiger partial charge in [0.05, 0.1) is 4.90 Å². The third-order valence-corrected chi connectivity index (χ3v) is 8.62. The van der Waals surface area contributed by atoms with Crippen molar-refractivity contribution in [1.82, 2.24) is 9.55 Å². The van der Waals surface area contributed by atoms with Gasteiger partial charge in [-0.2, -0.15) is 0 Å². The van der Waals surface area contributed by atoms with Gasteiger partial charge in [-0.3, -0.25) is 0 Å². The molecule has 196 valence electrons. The highest BCUT2D eigenvalue weighted by molar-refractivity contribution is 8.14. The summed E-state index contributed by atoms with van der Waals surface area (Å²) in [5, 5.41) is 14.5. The summed E-state index contributed by atoms with van der Waals surface area (Å²) in [4.78, 5) is 15.4. The Bertz CT molecular complexity index is 1600. The van der Waals surface area contributed by atoms with E-state index in [4.69, 9.17) is 17.2 Å². The monoisotopic (exact) mass is 562 g/mol. The highest BCUT2D eigenvalue weighted by Crippen LogP contribution is 2.25. The first kappa shape index (κ1) is 26.3. The number of thiophene rings is 1. The fourth-order valence-electron chi connectivity index (χ4n) is 4.18. The molecule has 0 spiro atoms. The second-order valence-electron chi connectivity index (χ2n) is 8.92. The zero-order valence-corrected chi connectivity index (χ0v) is 23.8. The average molecular weight is 563 g/mol. The number of benzene rings is 2. The zero-order chi connectivity index (χ0) is 26.5. The maximum atomic E-state index is 10.4. The number of H-pyrrole nitrogens is 1. The van der Waals surface area contributed by atoms with E-state index >= 15 is 0 Å². The number of fused-ring (bicyclic) bond motifs is 1. The number of aromatic hydroxyl groups is 1. The Morgan fingerprint density at radius 1 is 1.13 bits per heavy atom. The van der Waals surface area contributed by atoms with Crippen LogP contribution >= 0.6 is 35.3 Å². The second kappa shape index (κ2) is 12.0. The second-order valence-corrected chi connectivity index (χ2v) is 11.4. The third-order valence-electron chi connectivity index (χ3n) is 6.26. The molecule has 0 bridgehead atoms. The Hall–Kier alpha value is -3.34. The van der Waals surface area contributed by atoms with Crippen molar-refractivity contribution in [3.05, 3.63) is 80.3 Å². The fourth-order valence-corrected chi connectivity index (χ4v) is 6.49. The summed E-state index contributed by atoms with van der Waals surface area (Å²) < 4.78 is 4.49. The summed E-state index contributed by atoms with van der Waals surface area (Å²) in [5.41, 5.74) is 3.99. The molecule has 0 atom stereocenters. The lowest BCUT2D eigenvalue weighted by Gasteiger charge is -2.19. The molecule has 0 amide bonds. The lowest BCUT2D eigenvalue weighted by atomic mass is 10.2. The van der Waals surface area contributed by atoms with E-state index < -0.39 is 0 Å². The minimum Gasteiger partial charge on any atom is -0.493 e. The molecule has 4 aromatic rings. The standard InChI is InChI=1S/C28H30N6OS3/c1-3-4-8-15-34-23(25(35)31-28(34)36)16-22-17-24-26(37-22)32-27(38-24)30-18-29-19-11-13-21(14-12-19)33(2)20-9-6-5-7-10-20/h5-7,9-14,16-17,29,35H,3-4,8,15,18H2,1-2H3,(H,31,36). The topological polar surface area (TPSA) is 80.9 Å². The normalized spacial score (nSPS) is 14.1. The molecule has 7 nitrogen and oxygen atoms in total. The van der Waals surface area contributed by atoms with Gasteiger partial charge in [-0.25, -0.2) is 9.98 Å². The summed E-state index contributed by atoms with van der Waals surface area (Å²) in [6, 6.07) is 20.7. The van der Waals surface area contributed by atoms with Crippen molar-refractivity contribution >= 4 is 63.6 Å². The predicted molar refractivity (Wildman–Crippen MR) is 162 cm³/mol. The number of amidine groups is 1. The van der Waals surface area contributed by atoms with Crippen molar-refractivity contribution in [3.63, 3.8) is 0 Å². The van der Waals surface area contributed by atoms with Gasteiger partial charge in [-0.05, 0) is 78.9 Å². The van der Waals surface area contributed by atoms with E-state index in [2.05, 4.69) is 76.6 Å². The molecule has 0 aliphatic carbocycles. The molecule has 2 aromatic heterocycles. The maximum Gasteiger partial charge on any atom is 0.215 e. The Kier molecular flexibility index (Phi) is 8.31. The van der Waals surface area contributed by atoms with Crippen LogP contribution in [0.2, 0.25) is 0 Å². The van der Waals surface area contributed by atoms with Crippen LogP contribution in [-0.4, -0.2) is 33.5 Å². The number of aromatic amines is 1. The Morgan fingerprint density at radius 3 is 2.63 bits per heavy atom. The number of para-hydroxylation sites is 1. The molecular formula is C28H30N6OS3. The number of unbranched alkanes of at least 4 members (excludes halogenated alkanes) is 2.